The van der Waals surface area contributed by atoms with Crippen molar-refractivity contribution in [2.75, 3.05) is 31.6 Å². The summed E-state index contributed by atoms with van der Waals surface area (Å²) in [5.41, 5.74) is 7.21. The number of rotatable bonds is 13. The van der Waals surface area contributed by atoms with Gasteiger partial charge in [-0.3, -0.25) is 9.78 Å². The molecule has 2 aromatic heterocycles. The molecule has 1 amide bonds. The fraction of sp³-hybridized carbons (Fsp3) is 0.296. The monoisotopic (exact) mass is 561 g/mol. The molecule has 0 spiro atoms. The smallest absolute Gasteiger partial charge is 0.404 e. The van der Waals surface area contributed by atoms with Crippen LogP contribution in [0.3, 0.4) is 0 Å². The van der Waals surface area contributed by atoms with E-state index in [1.54, 1.807) is 24.5 Å². The van der Waals surface area contributed by atoms with Crippen LogP contribution in [0.5, 0.6) is 5.75 Å². The van der Waals surface area contributed by atoms with Crippen LogP contribution in [-0.4, -0.2) is 48.5 Å². The van der Waals surface area contributed by atoms with Gasteiger partial charge in [0.15, 0.2) is 0 Å². The number of ether oxygens (including phenoxy) is 2. The van der Waals surface area contributed by atoms with Gasteiger partial charge in [-0.15, -0.1) is 13.2 Å². The molecule has 39 heavy (non-hydrogen) atoms. The van der Waals surface area contributed by atoms with E-state index in [1.807, 2.05) is 12.1 Å². The topological polar surface area (TPSA) is 111 Å². The lowest BCUT2D eigenvalue weighted by Crippen LogP contribution is -2.18. The molecule has 0 unspecified atom stereocenters. The van der Waals surface area contributed by atoms with Crippen molar-refractivity contribution in [2.45, 2.75) is 25.7 Å². The number of alkyl halides is 3. The number of nitrogens with zero attached hydrogens (tertiary/aromatic N) is 2. The van der Waals surface area contributed by atoms with Crippen molar-refractivity contribution in [3.05, 3.63) is 71.0 Å². The summed E-state index contributed by atoms with van der Waals surface area (Å²) in [4.78, 5) is 20.5. The van der Waals surface area contributed by atoms with E-state index >= 15 is 0 Å². The molecule has 0 bridgehead atoms. The van der Waals surface area contributed by atoms with Crippen molar-refractivity contribution in [3.63, 3.8) is 0 Å². The largest absolute Gasteiger partial charge is 0.573 e. The van der Waals surface area contributed by atoms with Crippen molar-refractivity contribution < 1.29 is 27.4 Å². The molecule has 0 radical (unpaired) electrons. The third-order valence-corrected chi connectivity index (χ3v) is 6.16. The highest BCUT2D eigenvalue weighted by Crippen LogP contribution is 2.31. The van der Waals surface area contributed by atoms with E-state index in [4.69, 9.17) is 22.1 Å². The van der Waals surface area contributed by atoms with E-state index in [0.717, 1.165) is 34.6 Å². The lowest BCUT2D eigenvalue weighted by atomic mass is 10.1. The number of benzene rings is 2. The molecule has 0 saturated carbocycles. The highest BCUT2D eigenvalue weighted by Gasteiger charge is 2.32. The Labute approximate surface area is 227 Å². The normalized spacial score (nSPS) is 11.7. The van der Waals surface area contributed by atoms with Gasteiger partial charge < -0.3 is 25.8 Å². The first kappa shape index (κ1) is 28.3. The molecule has 206 valence electrons. The predicted octanol–water partition coefficient (Wildman–Crippen LogP) is 5.43. The zero-order valence-electron chi connectivity index (χ0n) is 20.9. The minimum Gasteiger partial charge on any atom is -0.404 e. The Balaban J connectivity index is 1.17. The summed E-state index contributed by atoms with van der Waals surface area (Å²) in [5, 5.41) is 9.16. The Bertz CT molecular complexity index is 1450. The Morgan fingerprint density at radius 2 is 1.85 bits per heavy atom. The summed E-state index contributed by atoms with van der Waals surface area (Å²) in [6.07, 6.45) is 0.395. The lowest BCUT2D eigenvalue weighted by molar-refractivity contribution is -0.274. The summed E-state index contributed by atoms with van der Waals surface area (Å²) < 4.78 is 46.6. The second-order valence-corrected chi connectivity index (χ2v) is 9.12. The van der Waals surface area contributed by atoms with Crippen molar-refractivity contribution in [1.29, 1.82) is 0 Å². The zero-order valence-corrected chi connectivity index (χ0v) is 21.6. The standard InChI is InChI=1S/C27H27ClF3N5O3/c28-22-13-17(3-6-24(22)39-27(29,30)31)15-33-8-1-2-11-38-12-10-35-26-20-7-9-34-16-21(20)19-5-4-18(25(32)37)14-23(19)36-26/h3-7,9,13-14,16,33H,1-2,8,10-12,15H2,(H2,32,37)(H,35,36). The van der Waals surface area contributed by atoms with Gasteiger partial charge in [0.1, 0.15) is 11.6 Å². The predicted molar refractivity (Wildman–Crippen MR) is 144 cm³/mol. The highest BCUT2D eigenvalue weighted by atomic mass is 35.5. The maximum absolute atomic E-state index is 12.3. The number of carbonyl (C=O) groups is 1. The molecule has 4 rings (SSSR count). The average molecular weight is 562 g/mol. The molecule has 8 nitrogen and oxygen atoms in total. The fourth-order valence-corrected chi connectivity index (χ4v) is 4.27. The van der Waals surface area contributed by atoms with Crippen molar-refractivity contribution in [1.82, 2.24) is 15.3 Å². The number of primary amides is 1. The van der Waals surface area contributed by atoms with Crippen LogP contribution >= 0.6 is 11.6 Å². The van der Waals surface area contributed by atoms with Gasteiger partial charge in [-0.05, 0) is 55.3 Å². The first-order chi connectivity index (χ1) is 18.7. The van der Waals surface area contributed by atoms with Gasteiger partial charge in [0.2, 0.25) is 5.91 Å². The van der Waals surface area contributed by atoms with Crippen LogP contribution in [0.4, 0.5) is 19.0 Å². The second-order valence-electron chi connectivity index (χ2n) is 8.71. The SMILES string of the molecule is NC(=O)c1ccc2c(c1)nc(NCCOCCCCNCc1ccc(OC(F)(F)F)c(Cl)c1)c1ccncc12. The number of nitrogens with one attached hydrogen (secondary N) is 2. The number of hydrogen-bond donors (Lipinski definition) is 3. The van der Waals surface area contributed by atoms with E-state index in [0.29, 0.717) is 49.7 Å². The Hall–Kier alpha value is -3.67. The molecule has 2 heterocycles. The molecule has 0 aliphatic rings. The van der Waals surface area contributed by atoms with E-state index in [-0.39, 0.29) is 5.02 Å². The average Bonchev–Trinajstić information content (AvgIpc) is 2.90. The van der Waals surface area contributed by atoms with Crippen LogP contribution in [0.1, 0.15) is 28.8 Å². The van der Waals surface area contributed by atoms with Crippen LogP contribution in [0.15, 0.2) is 54.9 Å². The van der Waals surface area contributed by atoms with Crippen LogP contribution in [0.2, 0.25) is 5.02 Å². The molecule has 0 aliphatic heterocycles. The number of anilines is 1. The molecular weight excluding hydrogens is 535 g/mol. The van der Waals surface area contributed by atoms with Gasteiger partial charge in [0.05, 0.1) is 17.1 Å². The number of hydrogen-bond acceptors (Lipinski definition) is 7. The Morgan fingerprint density at radius 3 is 2.62 bits per heavy atom. The van der Waals surface area contributed by atoms with Crippen molar-refractivity contribution in [2.24, 2.45) is 5.73 Å². The zero-order chi connectivity index (χ0) is 27.8. The maximum atomic E-state index is 12.3. The molecule has 12 heteroatoms. The molecule has 2 aromatic carbocycles. The number of fused-ring (bicyclic) bond motifs is 3. The number of aromatic nitrogens is 2. The van der Waals surface area contributed by atoms with Crippen molar-refractivity contribution >= 4 is 45.0 Å². The molecule has 0 saturated heterocycles. The lowest BCUT2D eigenvalue weighted by Gasteiger charge is -2.12. The quantitative estimate of drug-likeness (QED) is 0.147. The molecule has 0 aliphatic carbocycles. The van der Waals surface area contributed by atoms with Crippen LogP contribution < -0.4 is 21.1 Å². The highest BCUT2D eigenvalue weighted by molar-refractivity contribution is 6.32. The van der Waals surface area contributed by atoms with Gasteiger partial charge in [-0.25, -0.2) is 4.98 Å². The van der Waals surface area contributed by atoms with Crippen LogP contribution in [0, 0.1) is 0 Å². The van der Waals surface area contributed by atoms with Gasteiger partial charge in [0, 0.05) is 53.8 Å². The number of halogens is 4. The molecule has 4 aromatic rings. The number of pyridine rings is 2. The fourth-order valence-electron chi connectivity index (χ4n) is 4.03. The molecular formula is C27H27ClF3N5O3. The third-order valence-electron chi connectivity index (χ3n) is 5.86. The van der Waals surface area contributed by atoms with Gasteiger partial charge in [0.25, 0.3) is 0 Å². The van der Waals surface area contributed by atoms with Crippen LogP contribution in [0.25, 0.3) is 21.7 Å². The minimum atomic E-state index is -4.78. The number of unbranched alkanes of at least 4 members (excludes halogenated alkanes) is 1. The van der Waals surface area contributed by atoms with E-state index in [1.165, 1.54) is 18.2 Å². The van der Waals surface area contributed by atoms with Gasteiger partial charge in [-0.2, -0.15) is 0 Å². The van der Waals surface area contributed by atoms with Crippen molar-refractivity contribution in [3.8, 4) is 5.75 Å². The number of carbonyl (C=O) groups excluding carboxylic acids is 1. The van der Waals surface area contributed by atoms with E-state index < -0.39 is 18.0 Å². The first-order valence-electron chi connectivity index (χ1n) is 12.2. The number of amides is 1. The summed E-state index contributed by atoms with van der Waals surface area (Å²) in [6, 6.07) is 11.3. The maximum Gasteiger partial charge on any atom is 0.573 e. The summed E-state index contributed by atoms with van der Waals surface area (Å²) in [7, 11) is 0. The summed E-state index contributed by atoms with van der Waals surface area (Å²) in [6.45, 7) is 2.79. The molecule has 4 N–H and O–H groups in total. The van der Waals surface area contributed by atoms with Gasteiger partial charge >= 0.3 is 6.36 Å². The third kappa shape index (κ3) is 7.92. The van der Waals surface area contributed by atoms with E-state index in [9.17, 15) is 18.0 Å². The summed E-state index contributed by atoms with van der Waals surface area (Å²) in [5.74, 6) is -0.258. The number of nitrogens with two attached hydrogens (primary N) is 1. The van der Waals surface area contributed by atoms with Crippen LogP contribution in [-0.2, 0) is 11.3 Å². The summed E-state index contributed by atoms with van der Waals surface area (Å²) >= 11 is 5.87. The van der Waals surface area contributed by atoms with E-state index in [2.05, 4.69) is 25.3 Å². The molecule has 0 atom stereocenters. The van der Waals surface area contributed by atoms with Gasteiger partial charge in [-0.1, -0.05) is 23.7 Å². The Morgan fingerprint density at radius 1 is 1.00 bits per heavy atom. The Kier molecular flexibility index (Phi) is 9.39. The first-order valence-corrected chi connectivity index (χ1v) is 12.6. The second kappa shape index (κ2) is 12.9. The minimum absolute atomic E-state index is 0.0902. The molecule has 0 fully saturated rings.